The van der Waals surface area contributed by atoms with Gasteiger partial charge in [-0.05, 0) is 0 Å². The van der Waals surface area contributed by atoms with Gasteiger partial charge in [-0.2, -0.15) is 4.98 Å². The van der Waals surface area contributed by atoms with Crippen LogP contribution in [0.3, 0.4) is 0 Å². The van der Waals surface area contributed by atoms with Crippen molar-refractivity contribution in [2.75, 3.05) is 12.3 Å². The second-order valence-corrected chi connectivity index (χ2v) is 5.33. The van der Waals surface area contributed by atoms with E-state index in [-0.39, 0.29) is 13.0 Å². The van der Waals surface area contributed by atoms with Crippen molar-refractivity contribution in [3.8, 4) is 0 Å². The minimum atomic E-state index is -1.52. The van der Waals surface area contributed by atoms with Crippen LogP contribution in [0, 0.1) is 5.82 Å². The van der Waals surface area contributed by atoms with Crippen molar-refractivity contribution in [3.05, 3.63) is 22.5 Å². The molecule has 2 rings (SSSR count). The third-order valence-corrected chi connectivity index (χ3v) is 3.52. The minimum absolute atomic E-state index is 0.115. The largest absolute Gasteiger partial charge is 0.463 e. The first-order valence-corrected chi connectivity index (χ1v) is 7.45. The molecule has 0 aromatic carbocycles. The molecule has 10 nitrogen and oxygen atoms in total. The molecule has 4 atom stereocenters. The molecule has 0 bridgehead atoms. The molecule has 1 saturated heterocycles. The van der Waals surface area contributed by atoms with E-state index in [1.807, 2.05) is 0 Å². The van der Waals surface area contributed by atoms with E-state index in [2.05, 4.69) is 4.98 Å². The van der Waals surface area contributed by atoms with Gasteiger partial charge < -0.3 is 25.1 Å². The Balaban J connectivity index is 2.28. The first-order chi connectivity index (χ1) is 11.7. The van der Waals surface area contributed by atoms with E-state index in [1.165, 1.54) is 0 Å². The number of carbonyl (C=O) groups excluding carboxylic acids is 2. The van der Waals surface area contributed by atoms with Gasteiger partial charge >= 0.3 is 17.6 Å². The standard InChI is InChI=1S/C14H18FN3O7/c1-3-9(20)23-5-8-11(24-6(2)19)10(21)13(25-8)18-4-7(15)12(16)17-14(18)22/h4,8,10-11,13,21H,3,5H2,1-2H3,(H2,16,17,22)/t8-,10+,11-,13-/m1/s1. The summed E-state index contributed by atoms with van der Waals surface area (Å²) in [6, 6.07) is 0. The van der Waals surface area contributed by atoms with Crippen molar-refractivity contribution < 1.29 is 33.3 Å². The summed E-state index contributed by atoms with van der Waals surface area (Å²) in [4.78, 5) is 37.7. The highest BCUT2D eigenvalue weighted by molar-refractivity contribution is 5.69. The zero-order chi connectivity index (χ0) is 18.7. The highest BCUT2D eigenvalue weighted by atomic mass is 19.1. The third kappa shape index (κ3) is 4.12. The fourth-order valence-electron chi connectivity index (χ4n) is 2.34. The van der Waals surface area contributed by atoms with Gasteiger partial charge in [0.1, 0.15) is 18.8 Å². The van der Waals surface area contributed by atoms with Crippen LogP contribution in [0.2, 0.25) is 0 Å². The van der Waals surface area contributed by atoms with Gasteiger partial charge in [-0.1, -0.05) is 6.92 Å². The molecule has 2 heterocycles. The number of aliphatic hydroxyl groups excluding tert-OH is 1. The molecule has 25 heavy (non-hydrogen) atoms. The molecule has 11 heteroatoms. The van der Waals surface area contributed by atoms with Crippen LogP contribution in [-0.4, -0.2) is 51.5 Å². The zero-order valence-corrected chi connectivity index (χ0v) is 13.5. The Morgan fingerprint density at radius 2 is 2.20 bits per heavy atom. The second kappa shape index (κ2) is 7.57. The molecule has 1 aliphatic rings. The molecular weight excluding hydrogens is 341 g/mol. The smallest absolute Gasteiger partial charge is 0.351 e. The number of carbonyl (C=O) groups is 2. The number of nitrogens with zero attached hydrogens (tertiary/aromatic N) is 2. The van der Waals surface area contributed by atoms with Gasteiger partial charge in [0.25, 0.3) is 0 Å². The molecule has 0 spiro atoms. The van der Waals surface area contributed by atoms with Gasteiger partial charge in [-0.3, -0.25) is 14.2 Å². The zero-order valence-electron chi connectivity index (χ0n) is 13.5. The van der Waals surface area contributed by atoms with Crippen molar-refractivity contribution >= 4 is 17.8 Å². The summed E-state index contributed by atoms with van der Waals surface area (Å²) in [5, 5.41) is 10.3. The molecule has 1 aromatic rings. The van der Waals surface area contributed by atoms with Crippen LogP contribution in [0.15, 0.2) is 11.0 Å². The molecule has 0 radical (unpaired) electrons. The van der Waals surface area contributed by atoms with Crippen molar-refractivity contribution in [1.82, 2.24) is 9.55 Å². The van der Waals surface area contributed by atoms with Crippen LogP contribution >= 0.6 is 0 Å². The van der Waals surface area contributed by atoms with E-state index in [0.717, 1.165) is 13.1 Å². The van der Waals surface area contributed by atoms with Gasteiger partial charge in [0, 0.05) is 13.3 Å². The average molecular weight is 359 g/mol. The number of rotatable bonds is 5. The van der Waals surface area contributed by atoms with Crippen molar-refractivity contribution in [1.29, 1.82) is 0 Å². The summed E-state index contributed by atoms with van der Waals surface area (Å²) in [6.45, 7) is 2.38. The fourth-order valence-corrected chi connectivity index (χ4v) is 2.34. The predicted molar refractivity (Wildman–Crippen MR) is 79.6 cm³/mol. The van der Waals surface area contributed by atoms with Crippen LogP contribution in [-0.2, 0) is 23.8 Å². The maximum absolute atomic E-state index is 13.6. The Morgan fingerprint density at radius 1 is 1.52 bits per heavy atom. The molecular formula is C14H18FN3O7. The number of ether oxygens (including phenoxy) is 3. The molecule has 138 valence electrons. The molecule has 1 aromatic heterocycles. The van der Waals surface area contributed by atoms with Gasteiger partial charge in [0.15, 0.2) is 24.0 Å². The lowest BCUT2D eigenvalue weighted by atomic mass is 10.1. The molecule has 0 amide bonds. The van der Waals surface area contributed by atoms with E-state index in [9.17, 15) is 23.9 Å². The average Bonchev–Trinajstić information content (AvgIpc) is 2.84. The lowest BCUT2D eigenvalue weighted by Gasteiger charge is -2.19. The number of halogens is 1. The van der Waals surface area contributed by atoms with Crippen molar-refractivity contribution in [3.63, 3.8) is 0 Å². The Morgan fingerprint density at radius 3 is 2.80 bits per heavy atom. The van der Waals surface area contributed by atoms with Crippen molar-refractivity contribution in [2.24, 2.45) is 0 Å². The normalized spacial score (nSPS) is 25.6. The third-order valence-electron chi connectivity index (χ3n) is 3.52. The fraction of sp³-hybridized carbons (Fsp3) is 0.571. The van der Waals surface area contributed by atoms with E-state index >= 15 is 0 Å². The van der Waals surface area contributed by atoms with E-state index < -0.39 is 53.8 Å². The number of esters is 2. The van der Waals surface area contributed by atoms with Crippen LogP contribution in [0.25, 0.3) is 0 Å². The topological polar surface area (TPSA) is 143 Å². The Bertz CT molecular complexity index is 723. The monoisotopic (exact) mass is 359 g/mol. The number of nitrogen functional groups attached to an aromatic ring is 1. The number of hydrogen-bond acceptors (Lipinski definition) is 9. The minimum Gasteiger partial charge on any atom is -0.463 e. The van der Waals surface area contributed by atoms with Crippen LogP contribution < -0.4 is 11.4 Å². The predicted octanol–water partition coefficient (Wildman–Crippen LogP) is -0.892. The first kappa shape index (κ1) is 18.8. The van der Waals surface area contributed by atoms with Crippen LogP contribution in [0.1, 0.15) is 26.5 Å². The van der Waals surface area contributed by atoms with Gasteiger partial charge in [-0.15, -0.1) is 0 Å². The molecule has 0 unspecified atom stereocenters. The number of nitrogens with two attached hydrogens (primary N) is 1. The van der Waals surface area contributed by atoms with Crippen molar-refractivity contribution in [2.45, 2.75) is 44.8 Å². The molecule has 3 N–H and O–H groups in total. The summed E-state index contributed by atoms with van der Waals surface area (Å²) in [7, 11) is 0. The van der Waals surface area contributed by atoms with Crippen LogP contribution in [0.5, 0.6) is 0 Å². The van der Waals surface area contributed by atoms with E-state index in [0.29, 0.717) is 4.57 Å². The molecule has 1 aliphatic heterocycles. The van der Waals surface area contributed by atoms with Gasteiger partial charge in [-0.25, -0.2) is 9.18 Å². The summed E-state index contributed by atoms with van der Waals surface area (Å²) in [5.74, 6) is -2.83. The highest BCUT2D eigenvalue weighted by Gasteiger charge is 2.48. The number of aliphatic hydroxyl groups is 1. The van der Waals surface area contributed by atoms with Gasteiger partial charge in [0.2, 0.25) is 0 Å². The quantitative estimate of drug-likeness (QED) is 0.640. The maximum atomic E-state index is 13.6. The summed E-state index contributed by atoms with van der Waals surface area (Å²) in [5.41, 5.74) is 4.25. The van der Waals surface area contributed by atoms with Crippen LogP contribution in [0.4, 0.5) is 10.2 Å². The Labute approximate surface area is 141 Å². The summed E-state index contributed by atoms with van der Waals surface area (Å²) >= 11 is 0. The Hall–Kier alpha value is -2.53. The molecule has 1 fully saturated rings. The molecule has 0 saturated carbocycles. The number of aromatic nitrogens is 2. The van der Waals surface area contributed by atoms with Gasteiger partial charge in [0.05, 0.1) is 6.20 Å². The SMILES string of the molecule is CCC(=O)OC[C@H]1O[C@@H](n2cc(F)c(N)nc2=O)[C@@H](O)[C@@H]1OC(C)=O. The highest BCUT2D eigenvalue weighted by Crippen LogP contribution is 2.31. The van der Waals surface area contributed by atoms with E-state index in [1.54, 1.807) is 6.92 Å². The molecule has 0 aliphatic carbocycles. The summed E-state index contributed by atoms with van der Waals surface area (Å²) < 4.78 is 29.7. The second-order valence-electron chi connectivity index (χ2n) is 5.33. The number of hydrogen-bond donors (Lipinski definition) is 2. The summed E-state index contributed by atoms with van der Waals surface area (Å²) in [6.07, 6.45) is -4.35. The lowest BCUT2D eigenvalue weighted by Crippen LogP contribution is -2.39. The number of anilines is 1. The van der Waals surface area contributed by atoms with E-state index in [4.69, 9.17) is 19.9 Å². The Kier molecular flexibility index (Phi) is 5.69. The lowest BCUT2D eigenvalue weighted by molar-refractivity contribution is -0.158. The first-order valence-electron chi connectivity index (χ1n) is 7.45. The maximum Gasteiger partial charge on any atom is 0.351 e.